The molecule has 0 saturated heterocycles. The zero-order valence-electron chi connectivity index (χ0n) is 17.3. The Bertz CT molecular complexity index is 1070. The summed E-state index contributed by atoms with van der Waals surface area (Å²) in [5.41, 5.74) is 5.03. The number of likely N-dealkylation sites (N-methyl/N-ethyl adjacent to an activating group) is 1. The van der Waals surface area contributed by atoms with Gasteiger partial charge in [0.2, 0.25) is 0 Å². The van der Waals surface area contributed by atoms with Gasteiger partial charge in [-0.15, -0.1) is 0 Å². The molecule has 0 bridgehead atoms. The van der Waals surface area contributed by atoms with Crippen molar-refractivity contribution in [3.8, 4) is 16.9 Å². The SMILES string of the molecule is CNCCOc1c(C=O)cc(Cc2ccc(-c3ccnc(C)c3)cc2F)c(C)c1Cl. The van der Waals surface area contributed by atoms with E-state index in [1.54, 1.807) is 18.3 Å². The van der Waals surface area contributed by atoms with Crippen molar-refractivity contribution in [2.75, 3.05) is 20.2 Å². The van der Waals surface area contributed by atoms with Gasteiger partial charge in [0.05, 0.1) is 10.6 Å². The Hall–Kier alpha value is -2.76. The predicted molar refractivity (Wildman–Crippen MR) is 118 cm³/mol. The maximum atomic E-state index is 14.9. The molecule has 0 saturated carbocycles. The zero-order chi connectivity index (χ0) is 21.7. The first-order valence-corrected chi connectivity index (χ1v) is 10.1. The van der Waals surface area contributed by atoms with E-state index in [0.717, 1.165) is 34.2 Å². The van der Waals surface area contributed by atoms with Gasteiger partial charge < -0.3 is 10.1 Å². The first kappa shape index (κ1) is 21.9. The Labute approximate surface area is 181 Å². The zero-order valence-corrected chi connectivity index (χ0v) is 18.0. The summed E-state index contributed by atoms with van der Waals surface area (Å²) in [5.74, 6) is 0.0616. The Morgan fingerprint density at radius 1 is 1.13 bits per heavy atom. The minimum Gasteiger partial charge on any atom is -0.490 e. The van der Waals surface area contributed by atoms with Gasteiger partial charge in [-0.2, -0.15) is 0 Å². The maximum absolute atomic E-state index is 14.9. The summed E-state index contributed by atoms with van der Waals surface area (Å²) in [5, 5.41) is 3.36. The van der Waals surface area contributed by atoms with Gasteiger partial charge in [0, 0.05) is 24.9 Å². The summed E-state index contributed by atoms with van der Waals surface area (Å²) in [4.78, 5) is 15.8. The molecule has 0 unspecified atom stereocenters. The van der Waals surface area contributed by atoms with Gasteiger partial charge in [0.15, 0.2) is 6.29 Å². The Morgan fingerprint density at radius 3 is 2.57 bits per heavy atom. The number of pyridine rings is 1. The van der Waals surface area contributed by atoms with Gasteiger partial charge in [-0.25, -0.2) is 4.39 Å². The number of carbonyl (C=O) groups excluding carboxylic acids is 1. The van der Waals surface area contributed by atoms with Crippen LogP contribution in [-0.2, 0) is 6.42 Å². The normalized spacial score (nSPS) is 10.8. The van der Waals surface area contributed by atoms with Crippen molar-refractivity contribution in [3.63, 3.8) is 0 Å². The van der Waals surface area contributed by atoms with Crippen molar-refractivity contribution in [3.05, 3.63) is 81.4 Å². The van der Waals surface area contributed by atoms with Crippen LogP contribution in [0.5, 0.6) is 5.75 Å². The van der Waals surface area contributed by atoms with Crippen LogP contribution in [0.2, 0.25) is 5.02 Å². The maximum Gasteiger partial charge on any atom is 0.153 e. The lowest BCUT2D eigenvalue weighted by atomic mass is 9.95. The fourth-order valence-corrected chi connectivity index (χ4v) is 3.56. The number of aromatic nitrogens is 1. The molecule has 6 heteroatoms. The smallest absolute Gasteiger partial charge is 0.153 e. The Kier molecular flexibility index (Phi) is 7.19. The summed E-state index contributed by atoms with van der Waals surface area (Å²) in [6.07, 6.45) is 2.75. The van der Waals surface area contributed by atoms with Crippen molar-refractivity contribution < 1.29 is 13.9 Å². The van der Waals surface area contributed by atoms with E-state index in [4.69, 9.17) is 16.3 Å². The minimum atomic E-state index is -0.306. The van der Waals surface area contributed by atoms with Crippen LogP contribution in [-0.4, -0.2) is 31.5 Å². The van der Waals surface area contributed by atoms with Crippen LogP contribution in [0.15, 0.2) is 42.6 Å². The van der Waals surface area contributed by atoms with Gasteiger partial charge in [-0.05, 0) is 73.0 Å². The molecule has 0 spiro atoms. The number of hydrogen-bond acceptors (Lipinski definition) is 4. The van der Waals surface area contributed by atoms with Crippen LogP contribution in [0.1, 0.15) is 32.7 Å². The number of halogens is 2. The van der Waals surface area contributed by atoms with Crippen LogP contribution in [0.4, 0.5) is 4.39 Å². The van der Waals surface area contributed by atoms with E-state index in [0.29, 0.717) is 41.5 Å². The molecule has 0 radical (unpaired) electrons. The second-order valence-corrected chi connectivity index (χ2v) is 7.51. The monoisotopic (exact) mass is 426 g/mol. The van der Waals surface area contributed by atoms with Gasteiger partial charge >= 0.3 is 0 Å². The summed E-state index contributed by atoms with van der Waals surface area (Å²) in [6, 6.07) is 10.7. The minimum absolute atomic E-state index is 0.306. The molecule has 0 amide bonds. The molecule has 0 aliphatic rings. The van der Waals surface area contributed by atoms with Crippen molar-refractivity contribution >= 4 is 17.9 Å². The molecular weight excluding hydrogens is 403 g/mol. The second-order valence-electron chi connectivity index (χ2n) is 7.13. The number of carbonyl (C=O) groups is 1. The number of benzene rings is 2. The third-order valence-corrected chi connectivity index (χ3v) is 5.45. The van der Waals surface area contributed by atoms with Crippen LogP contribution in [0.3, 0.4) is 0 Å². The van der Waals surface area contributed by atoms with E-state index < -0.39 is 0 Å². The van der Waals surface area contributed by atoms with Gasteiger partial charge in [-0.1, -0.05) is 23.7 Å². The molecule has 30 heavy (non-hydrogen) atoms. The summed E-state index contributed by atoms with van der Waals surface area (Å²) in [7, 11) is 1.82. The molecule has 3 rings (SSSR count). The van der Waals surface area contributed by atoms with Crippen molar-refractivity contribution in [2.45, 2.75) is 20.3 Å². The average molecular weight is 427 g/mol. The fourth-order valence-electron chi connectivity index (χ4n) is 3.27. The van der Waals surface area contributed by atoms with E-state index in [1.807, 2.05) is 39.1 Å². The molecule has 0 atom stereocenters. The van der Waals surface area contributed by atoms with E-state index >= 15 is 0 Å². The van der Waals surface area contributed by atoms with E-state index in [2.05, 4.69) is 10.3 Å². The third kappa shape index (κ3) is 4.86. The number of hydrogen-bond donors (Lipinski definition) is 1. The highest BCUT2D eigenvalue weighted by atomic mass is 35.5. The molecule has 0 aliphatic heterocycles. The molecule has 0 aliphatic carbocycles. The molecule has 3 aromatic rings. The molecule has 2 aromatic carbocycles. The second kappa shape index (κ2) is 9.83. The molecule has 0 fully saturated rings. The Morgan fingerprint density at radius 2 is 1.90 bits per heavy atom. The van der Waals surface area contributed by atoms with Crippen molar-refractivity contribution in [2.24, 2.45) is 0 Å². The largest absolute Gasteiger partial charge is 0.490 e. The molecular formula is C24H24ClFN2O2. The number of nitrogens with one attached hydrogen (secondary N) is 1. The van der Waals surface area contributed by atoms with Crippen LogP contribution < -0.4 is 10.1 Å². The summed E-state index contributed by atoms with van der Waals surface area (Å²) >= 11 is 6.48. The van der Waals surface area contributed by atoms with E-state index in [1.165, 1.54) is 6.07 Å². The number of rotatable bonds is 8. The summed E-state index contributed by atoms with van der Waals surface area (Å²) < 4.78 is 20.6. The third-order valence-electron chi connectivity index (χ3n) is 4.99. The first-order chi connectivity index (χ1) is 14.4. The molecule has 1 heterocycles. The molecule has 156 valence electrons. The van der Waals surface area contributed by atoms with Crippen LogP contribution >= 0.6 is 11.6 Å². The van der Waals surface area contributed by atoms with Gasteiger partial charge in [-0.3, -0.25) is 9.78 Å². The quantitative estimate of drug-likeness (QED) is 0.399. The molecule has 4 nitrogen and oxygen atoms in total. The van der Waals surface area contributed by atoms with Crippen molar-refractivity contribution in [1.82, 2.24) is 10.3 Å². The standard InChI is InChI=1S/C24H24ClFN2O2/c1-15-10-18(6-7-28-15)17-4-5-19(22(26)13-17)11-20-12-21(14-29)24(23(25)16(20)2)30-9-8-27-3/h4-7,10,12-14,27H,8-9,11H2,1-3H3. The van der Waals surface area contributed by atoms with Gasteiger partial charge in [0.1, 0.15) is 18.2 Å². The lowest BCUT2D eigenvalue weighted by molar-refractivity contribution is 0.111. The number of aldehydes is 1. The highest BCUT2D eigenvalue weighted by Crippen LogP contribution is 2.35. The van der Waals surface area contributed by atoms with E-state index in [-0.39, 0.29) is 5.82 Å². The fraction of sp³-hybridized carbons (Fsp3) is 0.250. The van der Waals surface area contributed by atoms with Crippen molar-refractivity contribution in [1.29, 1.82) is 0 Å². The van der Waals surface area contributed by atoms with Gasteiger partial charge in [0.25, 0.3) is 0 Å². The highest BCUT2D eigenvalue weighted by molar-refractivity contribution is 6.33. The number of ether oxygens (including phenoxy) is 1. The average Bonchev–Trinajstić information content (AvgIpc) is 2.74. The molecule has 1 aromatic heterocycles. The van der Waals surface area contributed by atoms with E-state index in [9.17, 15) is 9.18 Å². The Balaban J connectivity index is 1.90. The van der Waals surface area contributed by atoms with Crippen LogP contribution in [0, 0.1) is 19.7 Å². The predicted octanol–water partition coefficient (Wildman–Crippen LogP) is 5.16. The molecule has 1 N–H and O–H groups in total. The highest BCUT2D eigenvalue weighted by Gasteiger charge is 2.17. The topological polar surface area (TPSA) is 51.2 Å². The lowest BCUT2D eigenvalue weighted by Gasteiger charge is -2.16. The lowest BCUT2D eigenvalue weighted by Crippen LogP contribution is -2.17. The first-order valence-electron chi connectivity index (χ1n) is 9.70. The number of nitrogens with zero attached hydrogens (tertiary/aromatic N) is 1. The van der Waals surface area contributed by atoms with Crippen LogP contribution in [0.25, 0.3) is 11.1 Å². The number of aryl methyl sites for hydroxylation is 1. The summed E-state index contributed by atoms with van der Waals surface area (Å²) in [6.45, 7) is 4.77.